The van der Waals surface area contributed by atoms with Crippen LogP contribution in [0, 0.1) is 24.2 Å². The summed E-state index contributed by atoms with van der Waals surface area (Å²) in [6.07, 6.45) is 5.94. The van der Waals surface area contributed by atoms with Crippen molar-refractivity contribution in [1.82, 2.24) is 5.32 Å². The summed E-state index contributed by atoms with van der Waals surface area (Å²) in [5.74, 6) is 0.193. The molecule has 2 atom stereocenters. The molecule has 2 unspecified atom stereocenters. The van der Waals surface area contributed by atoms with E-state index in [-0.39, 0.29) is 5.92 Å². The van der Waals surface area contributed by atoms with E-state index in [9.17, 15) is 5.26 Å². The summed E-state index contributed by atoms with van der Waals surface area (Å²) < 4.78 is 0. The van der Waals surface area contributed by atoms with Gasteiger partial charge in [-0.2, -0.15) is 5.26 Å². The van der Waals surface area contributed by atoms with Gasteiger partial charge in [-0.25, -0.2) is 0 Å². The molecular formula is C16H22N2. The molecule has 2 nitrogen and oxygen atoms in total. The maximum atomic E-state index is 9.23. The standard InChI is InChI=1S/C16H22N2/c1-13-7-9-14(10-8-13)12-18-16-6-4-2-3-5-15(16)11-17/h7-10,15-16,18H,2-6,12H2,1H3. The highest BCUT2D eigenvalue weighted by atomic mass is 14.9. The molecule has 18 heavy (non-hydrogen) atoms. The van der Waals surface area contributed by atoms with Gasteiger partial charge in [-0.05, 0) is 25.3 Å². The van der Waals surface area contributed by atoms with Crippen molar-refractivity contribution in [1.29, 1.82) is 5.26 Å². The molecule has 1 aliphatic rings. The predicted octanol–water partition coefficient (Wildman–Crippen LogP) is 3.56. The molecule has 96 valence electrons. The Bertz CT molecular complexity index is 402. The van der Waals surface area contributed by atoms with Crippen molar-refractivity contribution in [2.75, 3.05) is 0 Å². The number of aryl methyl sites for hydroxylation is 1. The first kappa shape index (κ1) is 13.1. The smallest absolute Gasteiger partial charge is 0.0672 e. The second-order valence-electron chi connectivity index (χ2n) is 5.35. The minimum Gasteiger partial charge on any atom is -0.309 e. The van der Waals surface area contributed by atoms with Crippen molar-refractivity contribution in [2.24, 2.45) is 5.92 Å². The molecule has 0 saturated heterocycles. The number of benzene rings is 1. The van der Waals surface area contributed by atoms with Crippen molar-refractivity contribution in [2.45, 2.75) is 51.6 Å². The van der Waals surface area contributed by atoms with Crippen molar-refractivity contribution >= 4 is 0 Å². The Morgan fingerprint density at radius 2 is 1.89 bits per heavy atom. The zero-order valence-electron chi connectivity index (χ0n) is 11.2. The molecule has 2 rings (SSSR count). The molecule has 0 heterocycles. The molecule has 0 amide bonds. The molecule has 1 aromatic rings. The van der Waals surface area contributed by atoms with Gasteiger partial charge in [0.2, 0.25) is 0 Å². The second-order valence-corrected chi connectivity index (χ2v) is 5.35. The summed E-state index contributed by atoms with van der Waals surface area (Å²) in [7, 11) is 0. The van der Waals surface area contributed by atoms with Crippen LogP contribution in [0.3, 0.4) is 0 Å². The third kappa shape index (κ3) is 3.58. The highest BCUT2D eigenvalue weighted by Gasteiger charge is 2.22. The van der Waals surface area contributed by atoms with Crippen molar-refractivity contribution in [3.63, 3.8) is 0 Å². The number of nitrogens with one attached hydrogen (secondary N) is 1. The highest BCUT2D eigenvalue weighted by Crippen LogP contribution is 2.23. The van der Waals surface area contributed by atoms with Crippen LogP contribution in [0.5, 0.6) is 0 Å². The van der Waals surface area contributed by atoms with Gasteiger partial charge in [-0.15, -0.1) is 0 Å². The van der Waals surface area contributed by atoms with Gasteiger partial charge < -0.3 is 5.32 Å². The molecule has 0 aromatic heterocycles. The van der Waals surface area contributed by atoms with Crippen LogP contribution in [0.25, 0.3) is 0 Å². The molecule has 1 aromatic carbocycles. The van der Waals surface area contributed by atoms with Crippen LogP contribution in [-0.4, -0.2) is 6.04 Å². The Labute approximate surface area is 110 Å². The predicted molar refractivity (Wildman–Crippen MR) is 74.0 cm³/mol. The maximum Gasteiger partial charge on any atom is 0.0672 e. The van der Waals surface area contributed by atoms with Crippen molar-refractivity contribution in [3.05, 3.63) is 35.4 Å². The zero-order valence-corrected chi connectivity index (χ0v) is 11.2. The van der Waals surface area contributed by atoms with E-state index < -0.39 is 0 Å². The SMILES string of the molecule is Cc1ccc(CNC2CCCCCC2C#N)cc1. The van der Waals surface area contributed by atoms with Gasteiger partial charge in [0.05, 0.1) is 12.0 Å². The largest absolute Gasteiger partial charge is 0.309 e. The van der Waals surface area contributed by atoms with Crippen LogP contribution in [0.4, 0.5) is 0 Å². The Balaban J connectivity index is 1.91. The third-order valence-electron chi connectivity index (χ3n) is 3.87. The second kappa shape index (κ2) is 6.56. The monoisotopic (exact) mass is 242 g/mol. The first-order valence-electron chi connectivity index (χ1n) is 6.98. The van der Waals surface area contributed by atoms with Crippen molar-refractivity contribution < 1.29 is 0 Å². The van der Waals surface area contributed by atoms with Gasteiger partial charge in [0.15, 0.2) is 0 Å². The van der Waals surface area contributed by atoms with Crippen LogP contribution >= 0.6 is 0 Å². The highest BCUT2D eigenvalue weighted by molar-refractivity contribution is 5.21. The number of rotatable bonds is 3. The molecule has 0 aliphatic heterocycles. The summed E-state index contributed by atoms with van der Waals surface area (Å²) in [5.41, 5.74) is 2.60. The fourth-order valence-electron chi connectivity index (χ4n) is 2.66. The van der Waals surface area contributed by atoms with E-state index in [4.69, 9.17) is 0 Å². The summed E-state index contributed by atoms with van der Waals surface area (Å²) in [6, 6.07) is 11.5. The van der Waals surface area contributed by atoms with Gasteiger partial charge in [0, 0.05) is 12.6 Å². The average molecular weight is 242 g/mol. The number of nitrogens with zero attached hydrogens (tertiary/aromatic N) is 1. The Hall–Kier alpha value is -1.33. The van der Waals surface area contributed by atoms with Crippen LogP contribution in [-0.2, 0) is 6.54 Å². The first-order valence-corrected chi connectivity index (χ1v) is 6.98. The van der Waals surface area contributed by atoms with Crippen LogP contribution in [0.2, 0.25) is 0 Å². The average Bonchev–Trinajstić information content (AvgIpc) is 2.63. The summed E-state index contributed by atoms with van der Waals surface area (Å²) >= 11 is 0. The van der Waals surface area contributed by atoms with E-state index in [0.29, 0.717) is 6.04 Å². The number of hydrogen-bond acceptors (Lipinski definition) is 2. The lowest BCUT2D eigenvalue weighted by Gasteiger charge is -2.21. The Morgan fingerprint density at radius 1 is 1.17 bits per heavy atom. The molecule has 0 radical (unpaired) electrons. The van der Waals surface area contributed by atoms with E-state index >= 15 is 0 Å². The summed E-state index contributed by atoms with van der Waals surface area (Å²) in [5, 5.41) is 12.8. The molecule has 1 N–H and O–H groups in total. The molecule has 1 fully saturated rings. The van der Waals surface area contributed by atoms with Crippen LogP contribution in [0.1, 0.15) is 43.2 Å². The quantitative estimate of drug-likeness (QED) is 0.823. The van der Waals surface area contributed by atoms with E-state index in [1.54, 1.807) is 0 Å². The fraction of sp³-hybridized carbons (Fsp3) is 0.562. The molecular weight excluding hydrogens is 220 g/mol. The summed E-state index contributed by atoms with van der Waals surface area (Å²) in [4.78, 5) is 0. The van der Waals surface area contributed by atoms with E-state index in [0.717, 1.165) is 19.4 Å². The van der Waals surface area contributed by atoms with Gasteiger partial charge in [0.1, 0.15) is 0 Å². The van der Waals surface area contributed by atoms with E-state index in [2.05, 4.69) is 42.6 Å². The third-order valence-corrected chi connectivity index (χ3v) is 3.87. The lowest BCUT2D eigenvalue weighted by atomic mass is 9.96. The number of nitriles is 1. The van der Waals surface area contributed by atoms with Gasteiger partial charge in [-0.3, -0.25) is 0 Å². The van der Waals surface area contributed by atoms with Gasteiger partial charge >= 0.3 is 0 Å². The maximum absolute atomic E-state index is 9.23. The van der Waals surface area contributed by atoms with Gasteiger partial charge in [-0.1, -0.05) is 49.1 Å². The van der Waals surface area contributed by atoms with E-state index in [1.165, 1.54) is 30.4 Å². The summed E-state index contributed by atoms with van der Waals surface area (Å²) in [6.45, 7) is 2.98. The molecule has 1 saturated carbocycles. The molecule has 2 heteroatoms. The zero-order chi connectivity index (χ0) is 12.8. The Morgan fingerprint density at radius 3 is 2.61 bits per heavy atom. The fourth-order valence-corrected chi connectivity index (χ4v) is 2.66. The molecule has 1 aliphatic carbocycles. The minimum absolute atomic E-state index is 0.193. The Kier molecular flexibility index (Phi) is 4.78. The van der Waals surface area contributed by atoms with Gasteiger partial charge in [0.25, 0.3) is 0 Å². The minimum atomic E-state index is 0.193. The van der Waals surface area contributed by atoms with Crippen LogP contribution < -0.4 is 5.32 Å². The lowest BCUT2D eigenvalue weighted by molar-refractivity contribution is 0.393. The topological polar surface area (TPSA) is 35.8 Å². The van der Waals surface area contributed by atoms with Crippen LogP contribution in [0.15, 0.2) is 24.3 Å². The van der Waals surface area contributed by atoms with Crippen molar-refractivity contribution in [3.8, 4) is 6.07 Å². The molecule has 0 bridgehead atoms. The first-order chi connectivity index (χ1) is 8.79. The normalized spacial score (nSPS) is 24.2. The van der Waals surface area contributed by atoms with E-state index in [1.807, 2.05) is 0 Å². The number of hydrogen-bond donors (Lipinski definition) is 1. The lowest BCUT2D eigenvalue weighted by Crippen LogP contribution is -2.34. The molecule has 0 spiro atoms.